The number of pyridine rings is 1. The van der Waals surface area contributed by atoms with Crippen LogP contribution >= 0.6 is 24.0 Å². The van der Waals surface area contributed by atoms with Crippen molar-refractivity contribution < 1.29 is 4.74 Å². The summed E-state index contributed by atoms with van der Waals surface area (Å²) < 4.78 is 7.71. The van der Waals surface area contributed by atoms with E-state index in [0.29, 0.717) is 24.9 Å². The predicted molar refractivity (Wildman–Crippen MR) is 129 cm³/mol. The number of nitrogens with one attached hydrogen (secondary N) is 1. The molecule has 0 spiro atoms. The third-order valence-electron chi connectivity index (χ3n) is 4.49. The molecule has 2 aromatic heterocycles. The SMILES string of the molecule is CCCCOc1ncccc1CNC(=NC)N(C)Cc1cn(C)nc1C(C)C.I. The van der Waals surface area contributed by atoms with Crippen molar-refractivity contribution in [2.45, 2.75) is 52.6 Å². The van der Waals surface area contributed by atoms with E-state index in [1.54, 1.807) is 13.2 Å². The number of rotatable bonds is 9. The fraction of sp³-hybridized carbons (Fsp3) is 0.571. The highest BCUT2D eigenvalue weighted by atomic mass is 127. The number of ether oxygens (including phenoxy) is 1. The number of aliphatic imine (C=N–C) groups is 1. The van der Waals surface area contributed by atoms with Gasteiger partial charge in [0.05, 0.1) is 12.3 Å². The van der Waals surface area contributed by atoms with Gasteiger partial charge in [0, 0.05) is 57.8 Å². The average Bonchev–Trinajstić information content (AvgIpc) is 3.04. The molecule has 0 radical (unpaired) electrons. The van der Waals surface area contributed by atoms with E-state index in [-0.39, 0.29) is 24.0 Å². The number of nitrogens with zero attached hydrogens (tertiary/aromatic N) is 5. The molecule has 2 aromatic rings. The molecule has 0 aromatic carbocycles. The number of hydrogen-bond acceptors (Lipinski definition) is 4. The van der Waals surface area contributed by atoms with Crippen LogP contribution in [-0.4, -0.2) is 46.3 Å². The Labute approximate surface area is 192 Å². The van der Waals surface area contributed by atoms with Gasteiger partial charge in [-0.2, -0.15) is 5.10 Å². The smallest absolute Gasteiger partial charge is 0.218 e. The molecule has 8 heteroatoms. The van der Waals surface area contributed by atoms with Gasteiger partial charge < -0.3 is 15.0 Å². The second-order valence-corrected chi connectivity index (χ2v) is 7.29. The molecular weight excluding hydrogens is 479 g/mol. The van der Waals surface area contributed by atoms with E-state index in [1.165, 1.54) is 5.56 Å². The number of unbranched alkanes of at least 4 members (excludes halogenated alkanes) is 1. The van der Waals surface area contributed by atoms with Crippen LogP contribution in [0.4, 0.5) is 0 Å². The second kappa shape index (κ2) is 12.7. The molecule has 2 heterocycles. The first-order valence-electron chi connectivity index (χ1n) is 9.97. The molecule has 7 nitrogen and oxygen atoms in total. The van der Waals surface area contributed by atoms with Crippen LogP contribution in [0.1, 0.15) is 56.4 Å². The number of guanidine groups is 1. The molecule has 162 valence electrons. The third-order valence-corrected chi connectivity index (χ3v) is 4.49. The maximum Gasteiger partial charge on any atom is 0.218 e. The van der Waals surface area contributed by atoms with Crippen molar-refractivity contribution in [1.82, 2.24) is 25.0 Å². The summed E-state index contributed by atoms with van der Waals surface area (Å²) in [7, 11) is 5.80. The monoisotopic (exact) mass is 514 g/mol. The summed E-state index contributed by atoms with van der Waals surface area (Å²) in [5.74, 6) is 1.90. The van der Waals surface area contributed by atoms with Crippen molar-refractivity contribution in [2.75, 3.05) is 20.7 Å². The number of halogens is 1. The highest BCUT2D eigenvalue weighted by molar-refractivity contribution is 14.0. The molecule has 0 fully saturated rings. The third kappa shape index (κ3) is 7.49. The molecule has 0 aliphatic carbocycles. The summed E-state index contributed by atoms with van der Waals surface area (Å²) in [6.45, 7) is 8.53. The van der Waals surface area contributed by atoms with Gasteiger partial charge in [0.15, 0.2) is 5.96 Å². The van der Waals surface area contributed by atoms with Crippen LogP contribution in [0.3, 0.4) is 0 Å². The molecular formula is C21H35IN6O. The molecule has 0 aliphatic heterocycles. The van der Waals surface area contributed by atoms with Crippen LogP contribution in [-0.2, 0) is 20.1 Å². The minimum absolute atomic E-state index is 0. The minimum Gasteiger partial charge on any atom is -0.477 e. The lowest BCUT2D eigenvalue weighted by atomic mass is 10.1. The van der Waals surface area contributed by atoms with Gasteiger partial charge in [0.2, 0.25) is 5.88 Å². The number of aromatic nitrogens is 3. The molecule has 1 N–H and O–H groups in total. The maximum atomic E-state index is 5.83. The van der Waals surface area contributed by atoms with Crippen molar-refractivity contribution in [3.63, 3.8) is 0 Å². The van der Waals surface area contributed by atoms with E-state index in [2.05, 4.69) is 52.3 Å². The lowest BCUT2D eigenvalue weighted by molar-refractivity contribution is 0.294. The highest BCUT2D eigenvalue weighted by Crippen LogP contribution is 2.19. The van der Waals surface area contributed by atoms with E-state index < -0.39 is 0 Å². The quantitative estimate of drug-likeness (QED) is 0.238. The lowest BCUT2D eigenvalue weighted by Crippen LogP contribution is -2.38. The highest BCUT2D eigenvalue weighted by Gasteiger charge is 2.15. The van der Waals surface area contributed by atoms with E-state index in [4.69, 9.17) is 4.74 Å². The van der Waals surface area contributed by atoms with Crippen LogP contribution in [0.2, 0.25) is 0 Å². The minimum atomic E-state index is 0. The Kier molecular flexibility index (Phi) is 11.0. The van der Waals surface area contributed by atoms with Crippen LogP contribution in [0.15, 0.2) is 29.5 Å². The van der Waals surface area contributed by atoms with E-state index in [0.717, 1.165) is 36.6 Å². The summed E-state index contributed by atoms with van der Waals surface area (Å²) in [6.07, 6.45) is 5.98. The zero-order valence-electron chi connectivity index (χ0n) is 18.5. The Morgan fingerprint density at radius 2 is 2.10 bits per heavy atom. The molecule has 0 saturated carbocycles. The van der Waals surface area contributed by atoms with Crippen molar-refractivity contribution in [2.24, 2.45) is 12.0 Å². The van der Waals surface area contributed by atoms with Gasteiger partial charge in [-0.15, -0.1) is 24.0 Å². The molecule has 0 atom stereocenters. The molecule has 0 amide bonds. The van der Waals surface area contributed by atoms with Gasteiger partial charge in [-0.1, -0.05) is 33.3 Å². The topological polar surface area (TPSA) is 67.6 Å². The van der Waals surface area contributed by atoms with E-state index in [1.807, 2.05) is 30.9 Å². The van der Waals surface area contributed by atoms with Crippen LogP contribution < -0.4 is 10.1 Å². The van der Waals surface area contributed by atoms with Crippen molar-refractivity contribution in [1.29, 1.82) is 0 Å². The number of aryl methyl sites for hydroxylation is 1. The summed E-state index contributed by atoms with van der Waals surface area (Å²) in [5, 5.41) is 8.01. The van der Waals surface area contributed by atoms with Crippen LogP contribution in [0, 0.1) is 0 Å². The van der Waals surface area contributed by atoms with Crippen molar-refractivity contribution in [3.8, 4) is 5.88 Å². The first-order valence-corrected chi connectivity index (χ1v) is 9.97. The average molecular weight is 514 g/mol. The number of hydrogen-bond donors (Lipinski definition) is 1. The van der Waals surface area contributed by atoms with Crippen LogP contribution in [0.25, 0.3) is 0 Å². The van der Waals surface area contributed by atoms with Crippen molar-refractivity contribution >= 4 is 29.9 Å². The second-order valence-electron chi connectivity index (χ2n) is 7.29. The normalized spacial score (nSPS) is 11.3. The Morgan fingerprint density at radius 3 is 2.76 bits per heavy atom. The summed E-state index contributed by atoms with van der Waals surface area (Å²) in [4.78, 5) is 10.9. The fourth-order valence-corrected chi connectivity index (χ4v) is 3.05. The molecule has 0 aliphatic rings. The summed E-state index contributed by atoms with van der Waals surface area (Å²) >= 11 is 0. The Hall–Kier alpha value is -1.84. The van der Waals surface area contributed by atoms with E-state index in [9.17, 15) is 0 Å². The first kappa shape index (κ1) is 25.2. The molecule has 2 rings (SSSR count). The molecule has 0 unspecified atom stereocenters. The predicted octanol–water partition coefficient (Wildman–Crippen LogP) is 3.94. The largest absolute Gasteiger partial charge is 0.477 e. The zero-order chi connectivity index (χ0) is 20.5. The van der Waals surface area contributed by atoms with Gasteiger partial charge >= 0.3 is 0 Å². The van der Waals surface area contributed by atoms with Gasteiger partial charge in [-0.05, 0) is 18.4 Å². The standard InChI is InChI=1S/C21H34N6O.HI/c1-7-8-12-28-20-17(10-9-11-23-20)13-24-21(22-4)26(5)14-18-15-27(6)25-19(18)16(2)3;/h9-11,15-16H,7-8,12-14H2,1-6H3,(H,22,24);1H. The molecule has 0 bridgehead atoms. The Bertz CT molecular complexity index is 774. The summed E-state index contributed by atoms with van der Waals surface area (Å²) in [5.41, 5.74) is 3.37. The van der Waals surface area contributed by atoms with Crippen molar-refractivity contribution in [3.05, 3.63) is 41.3 Å². The maximum absolute atomic E-state index is 5.83. The summed E-state index contributed by atoms with van der Waals surface area (Å²) in [6, 6.07) is 3.97. The van der Waals surface area contributed by atoms with Gasteiger partial charge in [0.1, 0.15) is 0 Å². The first-order chi connectivity index (χ1) is 13.5. The van der Waals surface area contributed by atoms with Gasteiger partial charge in [-0.25, -0.2) is 4.98 Å². The van der Waals surface area contributed by atoms with Crippen LogP contribution in [0.5, 0.6) is 5.88 Å². The van der Waals surface area contributed by atoms with E-state index >= 15 is 0 Å². The zero-order valence-corrected chi connectivity index (χ0v) is 20.8. The molecule has 0 saturated heterocycles. The Balaban J connectivity index is 0.00000420. The van der Waals surface area contributed by atoms with Gasteiger partial charge in [0.25, 0.3) is 0 Å². The molecule has 29 heavy (non-hydrogen) atoms. The lowest BCUT2D eigenvalue weighted by Gasteiger charge is -2.22. The Morgan fingerprint density at radius 1 is 1.34 bits per heavy atom. The fourth-order valence-electron chi connectivity index (χ4n) is 3.05. The van der Waals surface area contributed by atoms with Gasteiger partial charge in [-0.3, -0.25) is 9.67 Å².